The Morgan fingerprint density at radius 2 is 0.545 bits per heavy atom. The minimum absolute atomic E-state index is 0.105. The third kappa shape index (κ3) is 61.6. The summed E-state index contributed by atoms with van der Waals surface area (Å²) in [6, 6.07) is 0. The van der Waals surface area contributed by atoms with E-state index in [2.05, 4.69) is 34.6 Å². The lowest BCUT2D eigenvalue weighted by atomic mass is 9.99. The van der Waals surface area contributed by atoms with Gasteiger partial charge in [0.1, 0.15) is 19.3 Å². The highest BCUT2D eigenvalue weighted by molar-refractivity contribution is 7.47. The number of carbonyl (C=O) groups excluding carboxylic acids is 4. The van der Waals surface area contributed by atoms with E-state index in [0.29, 0.717) is 25.7 Å². The fourth-order valence-corrected chi connectivity index (χ4v) is 12.0. The van der Waals surface area contributed by atoms with Crippen LogP contribution in [0.1, 0.15) is 356 Å². The van der Waals surface area contributed by atoms with Crippen LogP contribution in [-0.4, -0.2) is 96.7 Å². The number of esters is 4. The summed E-state index contributed by atoms with van der Waals surface area (Å²) in [5.74, 6) is -1.27. The average molecular weight is 1300 g/mol. The molecule has 0 saturated heterocycles. The number of carbonyl (C=O) groups is 4. The van der Waals surface area contributed by atoms with Gasteiger partial charge in [-0.15, -0.1) is 0 Å². The van der Waals surface area contributed by atoms with Gasteiger partial charge in [0.15, 0.2) is 12.2 Å². The Morgan fingerprint density at radius 1 is 0.318 bits per heavy atom. The van der Waals surface area contributed by atoms with Crippen LogP contribution in [0.4, 0.5) is 0 Å². The first-order valence-electron chi connectivity index (χ1n) is 36.2. The van der Waals surface area contributed by atoms with E-state index in [1.165, 1.54) is 173 Å². The van der Waals surface area contributed by atoms with Crippen molar-refractivity contribution in [3.8, 4) is 0 Å². The van der Waals surface area contributed by atoms with Gasteiger partial charge in [0.05, 0.1) is 26.4 Å². The Hall–Kier alpha value is -1.94. The maximum Gasteiger partial charge on any atom is 0.472 e. The topological polar surface area (TPSA) is 237 Å². The lowest BCUT2D eigenvalue weighted by Crippen LogP contribution is -2.30. The molecule has 0 saturated carbocycles. The van der Waals surface area contributed by atoms with Gasteiger partial charge in [0.2, 0.25) is 0 Å². The maximum atomic E-state index is 13.0. The molecular weight excluding hydrogens is 1160 g/mol. The molecule has 0 aromatic carbocycles. The molecule has 0 rings (SSSR count). The summed E-state index contributed by atoms with van der Waals surface area (Å²) >= 11 is 0. The Kier molecular flexibility index (Phi) is 61.1. The molecule has 0 aromatic heterocycles. The normalized spacial score (nSPS) is 14.4. The largest absolute Gasteiger partial charge is 0.472 e. The van der Waals surface area contributed by atoms with Crippen LogP contribution in [-0.2, 0) is 65.4 Å². The molecule has 19 heteroatoms. The van der Waals surface area contributed by atoms with E-state index in [4.69, 9.17) is 37.0 Å². The molecule has 0 aliphatic carbocycles. The molecule has 0 radical (unpaired) electrons. The molecule has 0 fully saturated rings. The number of phosphoric acid groups is 2. The predicted octanol–water partition coefficient (Wildman–Crippen LogP) is 19.7. The van der Waals surface area contributed by atoms with E-state index in [-0.39, 0.29) is 25.7 Å². The van der Waals surface area contributed by atoms with Crippen molar-refractivity contribution in [3.63, 3.8) is 0 Å². The Morgan fingerprint density at radius 3 is 0.807 bits per heavy atom. The molecule has 0 amide bonds. The van der Waals surface area contributed by atoms with Gasteiger partial charge in [-0.3, -0.25) is 37.3 Å². The first-order chi connectivity index (χ1) is 42.6. The quantitative estimate of drug-likeness (QED) is 0.0222. The van der Waals surface area contributed by atoms with Crippen LogP contribution in [0.15, 0.2) is 0 Å². The summed E-state index contributed by atoms with van der Waals surface area (Å²) in [4.78, 5) is 72.1. The fraction of sp³-hybridized carbons (Fsp3) is 0.942. The van der Waals surface area contributed by atoms with E-state index in [1.54, 1.807) is 0 Å². The van der Waals surface area contributed by atoms with Gasteiger partial charge in [-0.25, -0.2) is 9.13 Å². The molecule has 88 heavy (non-hydrogen) atoms. The summed E-state index contributed by atoms with van der Waals surface area (Å²) < 4.78 is 67.9. The molecule has 0 bridgehead atoms. The number of hydrogen-bond acceptors (Lipinski definition) is 15. The zero-order valence-electron chi connectivity index (χ0n) is 56.9. The van der Waals surface area contributed by atoms with Crippen molar-refractivity contribution in [2.75, 3.05) is 39.6 Å². The Bertz CT molecular complexity index is 1710. The maximum absolute atomic E-state index is 13.0. The van der Waals surface area contributed by atoms with Gasteiger partial charge < -0.3 is 33.8 Å². The van der Waals surface area contributed by atoms with E-state index in [1.807, 2.05) is 0 Å². The van der Waals surface area contributed by atoms with E-state index in [9.17, 15) is 43.2 Å². The average Bonchev–Trinajstić information content (AvgIpc) is 3.48. The SMILES string of the molecule is CCCCCCCCCCCCCCC(=O)OC[C@H](COP(=O)(O)OC[C@@H](O)COP(=O)(O)OC[C@@H](COC(=O)CCCCCCC)OC(=O)CCCCCCCCCCC)OC(=O)CCCCCCCCCCCCCCCCCCCCC(C)CC. The number of ether oxygens (including phenoxy) is 4. The van der Waals surface area contributed by atoms with Gasteiger partial charge >= 0.3 is 39.5 Å². The lowest BCUT2D eigenvalue weighted by molar-refractivity contribution is -0.161. The van der Waals surface area contributed by atoms with Gasteiger partial charge in [-0.1, -0.05) is 304 Å². The highest BCUT2D eigenvalue weighted by atomic mass is 31.2. The minimum Gasteiger partial charge on any atom is -0.462 e. The third-order valence-corrected chi connectivity index (χ3v) is 18.3. The van der Waals surface area contributed by atoms with Crippen molar-refractivity contribution < 1.29 is 80.2 Å². The van der Waals surface area contributed by atoms with E-state index >= 15 is 0 Å². The molecule has 17 nitrogen and oxygen atoms in total. The number of unbranched alkanes of at least 4 members (excludes halogenated alkanes) is 40. The van der Waals surface area contributed by atoms with Gasteiger partial charge in [0, 0.05) is 25.7 Å². The number of phosphoric ester groups is 2. The smallest absolute Gasteiger partial charge is 0.462 e. The second-order valence-corrected chi connectivity index (χ2v) is 28.1. The third-order valence-electron chi connectivity index (χ3n) is 16.4. The molecule has 0 aliphatic rings. The molecule has 6 atom stereocenters. The summed E-state index contributed by atoms with van der Waals surface area (Å²) in [5, 5.41) is 10.5. The van der Waals surface area contributed by atoms with Gasteiger partial charge in [-0.05, 0) is 31.6 Å². The van der Waals surface area contributed by atoms with Crippen LogP contribution in [0.25, 0.3) is 0 Å². The van der Waals surface area contributed by atoms with Gasteiger partial charge in [0.25, 0.3) is 0 Å². The lowest BCUT2D eigenvalue weighted by Gasteiger charge is -2.21. The molecule has 0 aromatic rings. The number of aliphatic hydroxyl groups is 1. The Balaban J connectivity index is 5.07. The monoisotopic (exact) mass is 1300 g/mol. The van der Waals surface area contributed by atoms with Crippen LogP contribution in [0, 0.1) is 5.92 Å². The molecule has 3 N–H and O–H groups in total. The first-order valence-corrected chi connectivity index (χ1v) is 39.2. The highest BCUT2D eigenvalue weighted by Gasteiger charge is 2.30. The van der Waals surface area contributed by atoms with Crippen molar-refractivity contribution >= 4 is 39.5 Å². The van der Waals surface area contributed by atoms with Crippen LogP contribution in [0.3, 0.4) is 0 Å². The second kappa shape index (κ2) is 62.5. The molecule has 3 unspecified atom stereocenters. The van der Waals surface area contributed by atoms with Crippen molar-refractivity contribution in [2.45, 2.75) is 374 Å². The van der Waals surface area contributed by atoms with Crippen molar-refractivity contribution in [2.24, 2.45) is 5.92 Å². The molecule has 0 spiro atoms. The van der Waals surface area contributed by atoms with Crippen LogP contribution >= 0.6 is 15.6 Å². The first kappa shape index (κ1) is 86.1. The summed E-state index contributed by atoms with van der Waals surface area (Å²) in [5.41, 5.74) is 0. The summed E-state index contributed by atoms with van der Waals surface area (Å²) in [6.45, 7) is 7.19. The fourth-order valence-electron chi connectivity index (χ4n) is 10.4. The van der Waals surface area contributed by atoms with Crippen molar-refractivity contribution in [3.05, 3.63) is 0 Å². The van der Waals surface area contributed by atoms with Crippen LogP contribution < -0.4 is 0 Å². The Labute approximate surface area is 537 Å². The van der Waals surface area contributed by atoms with Gasteiger partial charge in [-0.2, -0.15) is 0 Å². The van der Waals surface area contributed by atoms with Crippen LogP contribution in [0.2, 0.25) is 0 Å². The summed E-state index contributed by atoms with van der Waals surface area (Å²) in [7, 11) is -9.88. The minimum atomic E-state index is -4.95. The van der Waals surface area contributed by atoms with Crippen LogP contribution in [0.5, 0.6) is 0 Å². The van der Waals surface area contributed by atoms with Crippen molar-refractivity contribution in [1.82, 2.24) is 0 Å². The molecule has 0 aliphatic heterocycles. The highest BCUT2D eigenvalue weighted by Crippen LogP contribution is 2.45. The van der Waals surface area contributed by atoms with Crippen molar-refractivity contribution in [1.29, 1.82) is 0 Å². The van der Waals surface area contributed by atoms with E-state index in [0.717, 1.165) is 102 Å². The second-order valence-electron chi connectivity index (χ2n) is 25.2. The van der Waals surface area contributed by atoms with E-state index < -0.39 is 97.5 Å². The molecule has 0 heterocycles. The molecule has 522 valence electrons. The standard InChI is InChI=1S/C69H134O17P2/c1-6-10-13-16-18-20-21-31-35-38-43-48-53-67(72)80-59-65(86-69(74)55-50-45-40-36-32-29-27-25-23-22-24-26-28-30-34-37-42-46-51-62(5)9-4)61-84-88(77,78)82-57-63(70)56-81-87(75,76)83-60-64(58-79-66(71)52-47-41-15-12-8-3)85-68(73)54-49-44-39-33-19-17-14-11-7-2/h62-65,70H,6-61H2,1-5H3,(H,75,76)(H,77,78)/t62?,63-,64+,65+/m0/s1. The number of rotatable bonds is 69. The predicted molar refractivity (Wildman–Crippen MR) is 354 cm³/mol. The number of aliphatic hydroxyl groups excluding tert-OH is 1. The summed E-state index contributed by atoms with van der Waals surface area (Å²) in [6.07, 6.45) is 49.0. The zero-order valence-corrected chi connectivity index (χ0v) is 58.6. The molecular formula is C69H134O17P2. The zero-order chi connectivity index (χ0) is 64.9. The number of hydrogen-bond donors (Lipinski definition) is 3.